The zero-order valence-electron chi connectivity index (χ0n) is 23.3. The Bertz CT molecular complexity index is 1150. The summed E-state index contributed by atoms with van der Waals surface area (Å²) in [5.41, 5.74) is 0. The minimum absolute atomic E-state index is 0. The van der Waals surface area contributed by atoms with Crippen molar-refractivity contribution in [2.45, 2.75) is 0 Å². The van der Waals surface area contributed by atoms with E-state index in [0.29, 0.717) is 0 Å². The topological polar surface area (TPSA) is 94.5 Å². The van der Waals surface area contributed by atoms with E-state index in [0.717, 1.165) is 0 Å². The third kappa shape index (κ3) is 14.6. The van der Waals surface area contributed by atoms with E-state index in [-0.39, 0.29) is 62.7 Å². The van der Waals surface area contributed by atoms with Crippen molar-refractivity contribution in [3.05, 3.63) is 182 Å². The van der Waals surface area contributed by atoms with Crippen LogP contribution in [0, 0.1) is 0 Å². The zero-order valence-corrected chi connectivity index (χ0v) is 29.6. The Kier molecular flexibility index (Phi) is 19.7. The second-order valence-electron chi connectivity index (χ2n) is 8.57. The third-order valence-electron chi connectivity index (χ3n) is 5.51. The molecule has 6 aromatic carbocycles. The van der Waals surface area contributed by atoms with E-state index >= 15 is 0 Å². The van der Waals surface area contributed by atoms with Crippen molar-refractivity contribution in [1.29, 1.82) is 0 Å². The Morgan fingerprint density at radius 3 is 0.429 bits per heavy atom. The van der Waals surface area contributed by atoms with Gasteiger partial charge in [0, 0.05) is 0 Å². The predicted molar refractivity (Wildman–Crippen MR) is 185 cm³/mol. The van der Waals surface area contributed by atoms with Crippen LogP contribution in [0.15, 0.2) is 182 Å². The van der Waals surface area contributed by atoms with Gasteiger partial charge in [-0.3, -0.25) is 0 Å². The molecule has 6 radical (unpaired) electrons. The molecule has 0 saturated carbocycles. The van der Waals surface area contributed by atoms with Crippen molar-refractivity contribution in [1.82, 2.24) is 0 Å². The summed E-state index contributed by atoms with van der Waals surface area (Å²) in [4.78, 5) is 0. The van der Waals surface area contributed by atoms with E-state index in [9.17, 15) is 0 Å². The Morgan fingerprint density at radius 2 is 0.310 bits per heavy atom. The van der Waals surface area contributed by atoms with Crippen molar-refractivity contribution >= 4 is 72.7 Å². The average molecular weight is 735 g/mol. The van der Waals surface area contributed by atoms with Crippen LogP contribution >= 0.6 is 0 Å². The number of rotatable bonds is 6. The van der Waals surface area contributed by atoms with Crippen molar-refractivity contribution in [3.63, 3.8) is 0 Å². The number of hydrogen-bond donors (Lipinski definition) is 0. The van der Waals surface area contributed by atoms with Crippen LogP contribution in [0.4, 0.5) is 0 Å². The van der Waals surface area contributed by atoms with Crippen molar-refractivity contribution in [2.24, 2.45) is 0 Å². The SMILES string of the molecule is O.O.O.c1cc[c]([Ge][c]2ccccc2)cc1.c1cc[c]([Ge][c]2ccccc2)cc1.c1cc[c]([Ge][c]2ccccc2)cc1. The molecule has 210 valence electrons. The van der Waals surface area contributed by atoms with E-state index in [1.807, 2.05) is 0 Å². The summed E-state index contributed by atoms with van der Waals surface area (Å²) < 4.78 is 8.97. The standard InChI is InChI=1S/3C12H10Ge.3H2O/c3*1-3-7-11(8-4-1)13-12-9-5-2-6-10-12;;;/h3*1-10H;3*1H2. The molecule has 6 N–H and O–H groups in total. The fourth-order valence-electron chi connectivity index (χ4n) is 3.63. The van der Waals surface area contributed by atoms with Gasteiger partial charge in [-0.1, -0.05) is 0 Å². The van der Waals surface area contributed by atoms with Crippen molar-refractivity contribution in [2.75, 3.05) is 0 Å². The quantitative estimate of drug-likeness (QED) is 0.233. The van der Waals surface area contributed by atoms with Crippen LogP contribution < -0.4 is 26.4 Å². The first kappa shape index (κ1) is 36.9. The first-order valence-corrected chi connectivity index (χ1v) is 19.3. The summed E-state index contributed by atoms with van der Waals surface area (Å²) >= 11 is -0.323. The maximum atomic E-state index is 2.22. The van der Waals surface area contributed by atoms with Crippen LogP contribution in [0.25, 0.3) is 0 Å². The summed E-state index contributed by atoms with van der Waals surface area (Å²) in [6.45, 7) is 0. The summed E-state index contributed by atoms with van der Waals surface area (Å²) in [5.74, 6) is 0. The van der Waals surface area contributed by atoms with Crippen molar-refractivity contribution < 1.29 is 16.4 Å². The van der Waals surface area contributed by atoms with Gasteiger partial charge in [-0.25, -0.2) is 0 Å². The van der Waals surface area contributed by atoms with Gasteiger partial charge in [0.05, 0.1) is 0 Å². The molecule has 0 bridgehead atoms. The molecule has 0 aliphatic rings. The summed E-state index contributed by atoms with van der Waals surface area (Å²) in [5, 5.41) is 0. The number of benzene rings is 6. The molecule has 0 fully saturated rings. The van der Waals surface area contributed by atoms with Gasteiger partial charge in [-0.05, 0) is 0 Å². The summed E-state index contributed by atoms with van der Waals surface area (Å²) in [6, 6.07) is 64.4. The zero-order chi connectivity index (χ0) is 26.8. The van der Waals surface area contributed by atoms with Gasteiger partial charge in [0.2, 0.25) is 0 Å². The predicted octanol–water partition coefficient (Wildman–Crippen LogP) is 1.55. The fraction of sp³-hybridized carbons (Fsp3) is 0. The summed E-state index contributed by atoms with van der Waals surface area (Å²) in [7, 11) is 0. The van der Waals surface area contributed by atoms with Gasteiger partial charge < -0.3 is 16.4 Å². The molecule has 0 aliphatic carbocycles. The molecule has 0 saturated heterocycles. The Labute approximate surface area is 269 Å². The molecule has 0 spiro atoms. The summed E-state index contributed by atoms with van der Waals surface area (Å²) in [6.07, 6.45) is 0. The van der Waals surface area contributed by atoms with Gasteiger partial charge in [0.15, 0.2) is 0 Å². The molecule has 3 nitrogen and oxygen atoms in total. The Balaban J connectivity index is 0.000000304. The van der Waals surface area contributed by atoms with Crippen LogP contribution in [-0.4, -0.2) is 62.7 Å². The fourth-order valence-corrected chi connectivity index (χ4v) is 10.2. The molecular weight excluding hydrogens is 698 g/mol. The van der Waals surface area contributed by atoms with Gasteiger partial charge in [0.1, 0.15) is 0 Å². The number of hydrogen-bond acceptors (Lipinski definition) is 0. The van der Waals surface area contributed by atoms with E-state index in [2.05, 4.69) is 182 Å². The first-order chi connectivity index (χ1) is 19.3. The van der Waals surface area contributed by atoms with E-state index in [1.54, 1.807) is 0 Å². The van der Waals surface area contributed by atoms with Crippen LogP contribution in [0.5, 0.6) is 0 Å². The second-order valence-corrected chi connectivity index (χ2v) is 17.4. The van der Waals surface area contributed by atoms with E-state index in [1.165, 1.54) is 26.4 Å². The molecule has 0 amide bonds. The van der Waals surface area contributed by atoms with Crippen molar-refractivity contribution in [3.8, 4) is 0 Å². The molecule has 6 rings (SSSR count). The normalized spacial score (nSPS) is 9.14. The molecule has 6 aromatic rings. The molecule has 0 unspecified atom stereocenters. The van der Waals surface area contributed by atoms with Gasteiger partial charge >= 0.3 is 255 Å². The van der Waals surface area contributed by atoms with Gasteiger partial charge in [-0.15, -0.1) is 0 Å². The molecule has 0 aromatic heterocycles. The van der Waals surface area contributed by atoms with Crippen LogP contribution in [-0.2, 0) is 0 Å². The van der Waals surface area contributed by atoms with Gasteiger partial charge in [0.25, 0.3) is 0 Å². The molecular formula is C36H36Ge3O3. The van der Waals surface area contributed by atoms with Crippen LogP contribution in [0.3, 0.4) is 0 Å². The molecule has 42 heavy (non-hydrogen) atoms. The molecule has 6 heteroatoms. The molecule has 0 heterocycles. The molecule has 0 atom stereocenters. The molecule has 0 aliphatic heterocycles. The van der Waals surface area contributed by atoms with E-state index in [4.69, 9.17) is 0 Å². The maximum absolute atomic E-state index is 2.22. The third-order valence-corrected chi connectivity index (χ3v) is 13.3. The Morgan fingerprint density at radius 1 is 0.190 bits per heavy atom. The van der Waals surface area contributed by atoms with Crippen LogP contribution in [0.2, 0.25) is 0 Å². The minimum atomic E-state index is -0.108. The van der Waals surface area contributed by atoms with Gasteiger partial charge in [-0.2, -0.15) is 0 Å². The first-order valence-electron chi connectivity index (χ1n) is 13.0. The Hall–Kier alpha value is -3.17. The average Bonchev–Trinajstić information content (AvgIpc) is 3.01. The monoisotopic (exact) mass is 738 g/mol. The second kappa shape index (κ2) is 22.4. The van der Waals surface area contributed by atoms with E-state index < -0.39 is 0 Å². The van der Waals surface area contributed by atoms with Crippen LogP contribution in [0.1, 0.15) is 0 Å².